The summed E-state index contributed by atoms with van der Waals surface area (Å²) >= 11 is 0. The fraction of sp³-hybridized carbons (Fsp3) is 0.263. The van der Waals surface area contributed by atoms with Crippen LogP contribution in [0.15, 0.2) is 47.5 Å². The molecule has 1 aliphatic heterocycles. The summed E-state index contributed by atoms with van der Waals surface area (Å²) in [6.07, 6.45) is 2.98. The fourth-order valence-electron chi connectivity index (χ4n) is 3.01. The second-order valence-corrected chi connectivity index (χ2v) is 6.22. The molecule has 6 nitrogen and oxygen atoms in total. The van der Waals surface area contributed by atoms with Gasteiger partial charge in [0, 0.05) is 18.3 Å². The molecule has 6 N–H and O–H groups in total. The first-order valence-corrected chi connectivity index (χ1v) is 8.28. The lowest BCUT2D eigenvalue weighted by Crippen LogP contribution is -2.37. The van der Waals surface area contributed by atoms with Crippen LogP contribution >= 0.6 is 0 Å². The molecule has 0 bridgehead atoms. The van der Waals surface area contributed by atoms with Gasteiger partial charge in [-0.3, -0.25) is 15.1 Å². The van der Waals surface area contributed by atoms with E-state index in [1.165, 1.54) is 5.56 Å². The van der Waals surface area contributed by atoms with Gasteiger partial charge in [0.05, 0.1) is 16.9 Å². The molecule has 1 amide bonds. The monoisotopic (exact) mass is 338 g/mol. The van der Waals surface area contributed by atoms with Crippen LogP contribution < -0.4 is 16.8 Å². The minimum absolute atomic E-state index is 0.297. The van der Waals surface area contributed by atoms with Gasteiger partial charge in [-0.05, 0) is 42.5 Å². The Balaban J connectivity index is 1.72. The SMILES string of the molecule is NC(=O)c1cccc(C=Nc2ccc([C@@H]3CCC(O)NC3)cc2)c1N. The average molecular weight is 338 g/mol. The standard InChI is InChI=1S/C19H22N4O2/c20-18-14(2-1-3-16(18)19(21)25)11-22-15-7-4-12(5-8-15)13-6-9-17(24)23-10-13/h1-5,7-8,11,13,17,23-24H,6,9-10,20H2,(H2,21,25)/t13-,17?/m1/s1. The number of piperidine rings is 1. The molecule has 1 aliphatic rings. The molecule has 130 valence electrons. The van der Waals surface area contributed by atoms with E-state index in [1.807, 2.05) is 12.1 Å². The number of hydrogen-bond donors (Lipinski definition) is 4. The van der Waals surface area contributed by atoms with Crippen LogP contribution in [0.5, 0.6) is 0 Å². The van der Waals surface area contributed by atoms with Crippen molar-refractivity contribution in [2.24, 2.45) is 10.7 Å². The summed E-state index contributed by atoms with van der Waals surface area (Å²) in [5.41, 5.74) is 14.6. The Kier molecular flexibility index (Phi) is 5.11. The highest BCUT2D eigenvalue weighted by atomic mass is 16.3. The largest absolute Gasteiger partial charge is 0.398 e. The quantitative estimate of drug-likeness (QED) is 0.503. The number of nitrogen functional groups attached to an aromatic ring is 1. The van der Waals surface area contributed by atoms with Gasteiger partial charge in [-0.15, -0.1) is 0 Å². The Morgan fingerprint density at radius 3 is 2.60 bits per heavy atom. The number of nitrogens with two attached hydrogens (primary N) is 2. The number of amides is 1. The third kappa shape index (κ3) is 4.04. The van der Waals surface area contributed by atoms with E-state index in [0.717, 1.165) is 25.1 Å². The second kappa shape index (κ2) is 7.46. The van der Waals surface area contributed by atoms with Crippen molar-refractivity contribution in [2.75, 3.05) is 12.3 Å². The molecule has 1 heterocycles. The highest BCUT2D eigenvalue weighted by molar-refractivity contribution is 6.02. The summed E-state index contributed by atoms with van der Waals surface area (Å²) in [5.74, 6) is -0.146. The van der Waals surface area contributed by atoms with Crippen molar-refractivity contribution in [1.29, 1.82) is 0 Å². The number of nitrogens with zero attached hydrogens (tertiary/aromatic N) is 1. The lowest BCUT2D eigenvalue weighted by Gasteiger charge is -2.27. The Labute approximate surface area is 146 Å². The molecule has 0 aliphatic carbocycles. The summed E-state index contributed by atoms with van der Waals surface area (Å²) < 4.78 is 0. The highest BCUT2D eigenvalue weighted by Crippen LogP contribution is 2.26. The Hall–Kier alpha value is -2.70. The fourth-order valence-corrected chi connectivity index (χ4v) is 3.01. The molecule has 6 heteroatoms. The van der Waals surface area contributed by atoms with Gasteiger partial charge in [0.1, 0.15) is 6.23 Å². The number of hydrogen-bond acceptors (Lipinski definition) is 5. The zero-order chi connectivity index (χ0) is 17.8. The van der Waals surface area contributed by atoms with E-state index >= 15 is 0 Å². The average Bonchev–Trinajstić information content (AvgIpc) is 2.62. The molecule has 2 aromatic rings. The van der Waals surface area contributed by atoms with Crippen LogP contribution in [-0.2, 0) is 0 Å². The first kappa shape index (κ1) is 17.1. The van der Waals surface area contributed by atoms with Gasteiger partial charge in [-0.2, -0.15) is 0 Å². The molecule has 1 fully saturated rings. The van der Waals surface area contributed by atoms with E-state index in [1.54, 1.807) is 24.4 Å². The van der Waals surface area contributed by atoms with E-state index in [0.29, 0.717) is 22.7 Å². The minimum Gasteiger partial charge on any atom is -0.398 e. The Morgan fingerprint density at radius 1 is 1.20 bits per heavy atom. The molecular formula is C19H22N4O2. The van der Waals surface area contributed by atoms with E-state index in [2.05, 4.69) is 22.4 Å². The van der Waals surface area contributed by atoms with Crippen molar-refractivity contribution in [2.45, 2.75) is 25.0 Å². The number of carbonyl (C=O) groups is 1. The number of para-hydroxylation sites is 1. The molecule has 0 spiro atoms. The summed E-state index contributed by atoms with van der Waals surface area (Å²) in [6, 6.07) is 13.1. The van der Waals surface area contributed by atoms with Gasteiger partial charge >= 0.3 is 0 Å². The number of aliphatic hydroxyl groups excluding tert-OH is 1. The zero-order valence-corrected chi connectivity index (χ0v) is 13.9. The van der Waals surface area contributed by atoms with Crippen molar-refractivity contribution >= 4 is 23.5 Å². The predicted octanol–water partition coefficient (Wildman–Crippen LogP) is 1.90. The maximum absolute atomic E-state index is 11.3. The molecule has 0 aromatic heterocycles. The summed E-state index contributed by atoms with van der Waals surface area (Å²) in [5, 5.41) is 12.6. The van der Waals surface area contributed by atoms with Crippen LogP contribution in [-0.4, -0.2) is 30.0 Å². The summed E-state index contributed by atoms with van der Waals surface area (Å²) in [7, 11) is 0. The van der Waals surface area contributed by atoms with E-state index in [9.17, 15) is 9.90 Å². The van der Waals surface area contributed by atoms with Gasteiger partial charge in [-0.1, -0.05) is 24.3 Å². The molecule has 0 radical (unpaired) electrons. The lowest BCUT2D eigenvalue weighted by molar-refractivity contribution is 0.0998. The molecule has 2 aromatic carbocycles. The van der Waals surface area contributed by atoms with Crippen molar-refractivity contribution in [3.8, 4) is 0 Å². The molecule has 2 atom stereocenters. The summed E-state index contributed by atoms with van der Waals surface area (Å²) in [4.78, 5) is 15.8. The predicted molar refractivity (Wildman–Crippen MR) is 99.1 cm³/mol. The van der Waals surface area contributed by atoms with Gasteiger partial charge in [0.25, 0.3) is 5.91 Å². The van der Waals surface area contributed by atoms with E-state index in [4.69, 9.17) is 11.5 Å². The summed E-state index contributed by atoms with van der Waals surface area (Å²) in [6.45, 7) is 0.778. The number of rotatable bonds is 4. The Morgan fingerprint density at radius 2 is 1.96 bits per heavy atom. The number of benzene rings is 2. The normalized spacial score (nSPS) is 20.7. The van der Waals surface area contributed by atoms with Crippen molar-refractivity contribution < 1.29 is 9.90 Å². The van der Waals surface area contributed by atoms with Crippen LogP contribution in [0.25, 0.3) is 0 Å². The topological polar surface area (TPSA) is 114 Å². The molecule has 1 saturated heterocycles. The number of primary amides is 1. The number of aliphatic imine (C=N–C) groups is 1. The smallest absolute Gasteiger partial charge is 0.250 e. The van der Waals surface area contributed by atoms with Crippen molar-refractivity contribution in [3.05, 3.63) is 59.2 Å². The number of aliphatic hydroxyl groups is 1. The van der Waals surface area contributed by atoms with E-state index < -0.39 is 5.91 Å². The van der Waals surface area contributed by atoms with Crippen molar-refractivity contribution in [1.82, 2.24) is 5.32 Å². The van der Waals surface area contributed by atoms with Crippen LogP contribution in [0, 0.1) is 0 Å². The third-order valence-electron chi connectivity index (χ3n) is 4.51. The lowest BCUT2D eigenvalue weighted by atomic mass is 9.91. The zero-order valence-electron chi connectivity index (χ0n) is 13.9. The van der Waals surface area contributed by atoms with Crippen LogP contribution in [0.3, 0.4) is 0 Å². The first-order chi connectivity index (χ1) is 12.0. The second-order valence-electron chi connectivity index (χ2n) is 6.22. The van der Waals surface area contributed by atoms with Crippen LogP contribution in [0.1, 0.15) is 40.2 Å². The van der Waals surface area contributed by atoms with Gasteiger partial charge in [-0.25, -0.2) is 0 Å². The molecule has 25 heavy (non-hydrogen) atoms. The number of carbonyl (C=O) groups excluding carboxylic acids is 1. The van der Waals surface area contributed by atoms with E-state index in [-0.39, 0.29) is 6.23 Å². The van der Waals surface area contributed by atoms with Gasteiger partial charge in [0.15, 0.2) is 0 Å². The number of anilines is 1. The minimum atomic E-state index is -0.552. The van der Waals surface area contributed by atoms with Crippen molar-refractivity contribution in [3.63, 3.8) is 0 Å². The molecular weight excluding hydrogens is 316 g/mol. The maximum atomic E-state index is 11.3. The van der Waals surface area contributed by atoms with Gasteiger partial charge < -0.3 is 16.6 Å². The third-order valence-corrected chi connectivity index (χ3v) is 4.51. The van der Waals surface area contributed by atoms with Gasteiger partial charge in [0.2, 0.25) is 0 Å². The van der Waals surface area contributed by atoms with Crippen LogP contribution in [0.4, 0.5) is 11.4 Å². The highest BCUT2D eigenvalue weighted by Gasteiger charge is 2.19. The Bertz CT molecular complexity index is 779. The molecule has 0 saturated carbocycles. The van der Waals surface area contributed by atoms with Crippen LogP contribution in [0.2, 0.25) is 0 Å². The molecule has 3 rings (SSSR count). The maximum Gasteiger partial charge on any atom is 0.250 e. The first-order valence-electron chi connectivity index (χ1n) is 8.28. The number of nitrogens with one attached hydrogen (secondary N) is 1. The molecule has 1 unspecified atom stereocenters.